The van der Waals surface area contributed by atoms with Crippen LogP contribution < -0.4 is 0 Å². The summed E-state index contributed by atoms with van der Waals surface area (Å²) in [6.45, 7) is 6.44. The van der Waals surface area contributed by atoms with Crippen molar-refractivity contribution in [2.75, 3.05) is 13.2 Å². The van der Waals surface area contributed by atoms with Gasteiger partial charge in [0, 0.05) is 19.3 Å². The van der Waals surface area contributed by atoms with Crippen LogP contribution in [0.2, 0.25) is 0 Å². The maximum Gasteiger partial charge on any atom is 0.306 e. The van der Waals surface area contributed by atoms with Gasteiger partial charge in [-0.15, -0.1) is 0 Å². The van der Waals surface area contributed by atoms with Gasteiger partial charge in [0.05, 0.1) is 0 Å². The van der Waals surface area contributed by atoms with Crippen molar-refractivity contribution < 1.29 is 28.6 Å². The first-order valence-corrected chi connectivity index (χ1v) is 23.3. The van der Waals surface area contributed by atoms with Gasteiger partial charge >= 0.3 is 17.9 Å². The van der Waals surface area contributed by atoms with Crippen LogP contribution in [0.15, 0.2) is 60.8 Å². The van der Waals surface area contributed by atoms with Gasteiger partial charge < -0.3 is 14.2 Å². The Balaban J connectivity index is 4.43. The van der Waals surface area contributed by atoms with E-state index >= 15 is 0 Å². The number of hydrogen-bond donors (Lipinski definition) is 0. The number of hydrogen-bond acceptors (Lipinski definition) is 6. The molecule has 0 heterocycles. The number of carbonyl (C=O) groups excluding carboxylic acids is 3. The molecule has 6 nitrogen and oxygen atoms in total. The molecule has 0 aliphatic rings. The van der Waals surface area contributed by atoms with Crippen LogP contribution in [0.5, 0.6) is 0 Å². The molecule has 0 saturated carbocycles. The van der Waals surface area contributed by atoms with Crippen molar-refractivity contribution in [3.05, 3.63) is 60.8 Å². The van der Waals surface area contributed by atoms with Gasteiger partial charge in [-0.2, -0.15) is 0 Å². The molecule has 0 aromatic heterocycles. The zero-order valence-electron chi connectivity index (χ0n) is 36.6. The van der Waals surface area contributed by atoms with Crippen LogP contribution >= 0.6 is 0 Å². The second kappa shape index (κ2) is 44.8. The molecule has 0 radical (unpaired) electrons. The molecule has 6 heteroatoms. The van der Waals surface area contributed by atoms with E-state index in [9.17, 15) is 14.4 Å². The predicted octanol–water partition coefficient (Wildman–Crippen LogP) is 14.9. The Labute approximate surface area is 345 Å². The number of esters is 3. The minimum Gasteiger partial charge on any atom is -0.462 e. The average Bonchev–Trinajstić information content (AvgIpc) is 3.19. The third kappa shape index (κ3) is 42.3. The lowest BCUT2D eigenvalue weighted by molar-refractivity contribution is -0.167. The van der Waals surface area contributed by atoms with Crippen LogP contribution in [0.1, 0.15) is 220 Å². The molecule has 0 amide bonds. The number of unbranched alkanes of at least 4 members (excludes halogenated alkanes) is 20. The highest BCUT2D eigenvalue weighted by Crippen LogP contribution is 2.14. The van der Waals surface area contributed by atoms with Crippen LogP contribution in [0.4, 0.5) is 0 Å². The van der Waals surface area contributed by atoms with Gasteiger partial charge in [0.2, 0.25) is 0 Å². The minimum absolute atomic E-state index is 0.0895. The molecule has 0 aromatic carbocycles. The minimum atomic E-state index is -0.790. The van der Waals surface area contributed by atoms with Crippen molar-refractivity contribution in [2.24, 2.45) is 0 Å². The summed E-state index contributed by atoms with van der Waals surface area (Å²) in [5, 5.41) is 0. The van der Waals surface area contributed by atoms with Crippen LogP contribution in [-0.2, 0) is 28.6 Å². The number of allylic oxidation sites excluding steroid dienone is 10. The molecule has 0 N–H and O–H groups in total. The van der Waals surface area contributed by atoms with E-state index in [4.69, 9.17) is 14.2 Å². The van der Waals surface area contributed by atoms with E-state index in [0.29, 0.717) is 19.3 Å². The maximum absolute atomic E-state index is 12.7. The third-order valence-electron chi connectivity index (χ3n) is 9.79. The fourth-order valence-corrected chi connectivity index (χ4v) is 6.30. The average molecular weight is 783 g/mol. The van der Waals surface area contributed by atoms with Gasteiger partial charge in [0.1, 0.15) is 13.2 Å². The van der Waals surface area contributed by atoms with Crippen molar-refractivity contribution in [2.45, 2.75) is 226 Å². The second-order valence-electron chi connectivity index (χ2n) is 15.3. The van der Waals surface area contributed by atoms with E-state index in [1.807, 2.05) is 0 Å². The maximum atomic E-state index is 12.7. The Kier molecular flexibility index (Phi) is 42.5. The van der Waals surface area contributed by atoms with Crippen molar-refractivity contribution in [3.8, 4) is 0 Å². The summed E-state index contributed by atoms with van der Waals surface area (Å²) < 4.78 is 16.6. The molecule has 0 bridgehead atoms. The molecular weight excluding hydrogens is 697 g/mol. The first-order valence-electron chi connectivity index (χ1n) is 23.3. The monoisotopic (exact) mass is 783 g/mol. The molecule has 56 heavy (non-hydrogen) atoms. The van der Waals surface area contributed by atoms with E-state index in [1.165, 1.54) is 96.3 Å². The van der Waals surface area contributed by atoms with Gasteiger partial charge in [-0.1, -0.05) is 204 Å². The molecule has 0 unspecified atom stereocenters. The topological polar surface area (TPSA) is 78.9 Å². The number of carbonyl (C=O) groups is 3. The quantitative estimate of drug-likeness (QED) is 0.0266. The Bertz CT molecular complexity index is 1040. The van der Waals surface area contributed by atoms with E-state index in [0.717, 1.165) is 77.0 Å². The van der Waals surface area contributed by atoms with Gasteiger partial charge in [-0.3, -0.25) is 14.4 Å². The van der Waals surface area contributed by atoms with E-state index < -0.39 is 6.10 Å². The Morgan fingerprint density at radius 1 is 0.375 bits per heavy atom. The van der Waals surface area contributed by atoms with E-state index in [-0.39, 0.29) is 37.5 Å². The SMILES string of the molecule is CC/C=C\C/C=C\C/C=C\C/C=C\C/C=C\CCCC(=O)OC[C@@H](COC(=O)CCCCCCCCCCC)OC(=O)CCCCCCCCCCCCCC. The van der Waals surface area contributed by atoms with Gasteiger partial charge in [0.15, 0.2) is 6.10 Å². The van der Waals surface area contributed by atoms with Gasteiger partial charge in [0.25, 0.3) is 0 Å². The molecule has 0 fully saturated rings. The predicted molar refractivity (Wildman–Crippen MR) is 238 cm³/mol. The standard InChI is InChI=1S/C50H86O6/c1-4-7-10-13-16-19-21-23-24-25-26-27-29-31-34-37-40-43-49(52)55-46-47(45-54-48(51)42-39-36-33-30-18-15-12-9-6-3)56-50(53)44-41-38-35-32-28-22-20-17-14-11-8-5-2/h7,10,16,19,23-24,26-27,31,34,47H,4-6,8-9,11-15,17-18,20-22,25,28-30,32-33,35-46H2,1-3H3/b10-7-,19-16-,24-23-,27-26-,34-31-/t47-/m1/s1. The van der Waals surface area contributed by atoms with Crippen molar-refractivity contribution in [3.63, 3.8) is 0 Å². The molecule has 1 atom stereocenters. The Morgan fingerprint density at radius 2 is 0.696 bits per heavy atom. The summed E-state index contributed by atoms with van der Waals surface area (Å²) >= 11 is 0. The summed E-state index contributed by atoms with van der Waals surface area (Å²) in [5.74, 6) is -0.953. The van der Waals surface area contributed by atoms with Gasteiger partial charge in [-0.05, 0) is 57.8 Å². The largest absolute Gasteiger partial charge is 0.462 e. The molecule has 0 saturated heterocycles. The Morgan fingerprint density at radius 3 is 1.09 bits per heavy atom. The van der Waals surface area contributed by atoms with Crippen LogP contribution in [0.25, 0.3) is 0 Å². The third-order valence-corrected chi connectivity index (χ3v) is 9.79. The first kappa shape index (κ1) is 53.1. The van der Waals surface area contributed by atoms with Crippen LogP contribution in [0.3, 0.4) is 0 Å². The summed E-state index contributed by atoms with van der Waals surface area (Å²) in [5.41, 5.74) is 0. The normalized spacial score (nSPS) is 12.6. The molecule has 0 aliphatic carbocycles. The molecule has 0 aromatic rings. The first-order chi connectivity index (χ1) is 27.5. The van der Waals surface area contributed by atoms with Crippen molar-refractivity contribution in [1.29, 1.82) is 0 Å². The van der Waals surface area contributed by atoms with Crippen LogP contribution in [-0.4, -0.2) is 37.2 Å². The van der Waals surface area contributed by atoms with Crippen LogP contribution in [0, 0.1) is 0 Å². The number of ether oxygens (including phenoxy) is 3. The summed E-state index contributed by atoms with van der Waals surface area (Å²) in [6, 6.07) is 0. The summed E-state index contributed by atoms with van der Waals surface area (Å²) in [4.78, 5) is 37.7. The molecule has 0 spiro atoms. The summed E-state index contributed by atoms with van der Waals surface area (Å²) in [7, 11) is 0. The lowest BCUT2D eigenvalue weighted by Crippen LogP contribution is -2.30. The highest BCUT2D eigenvalue weighted by atomic mass is 16.6. The molecule has 0 aliphatic heterocycles. The Hall–Kier alpha value is -2.89. The molecule has 322 valence electrons. The second-order valence-corrected chi connectivity index (χ2v) is 15.3. The smallest absolute Gasteiger partial charge is 0.306 e. The molecule has 0 rings (SSSR count). The van der Waals surface area contributed by atoms with E-state index in [1.54, 1.807) is 0 Å². The lowest BCUT2D eigenvalue weighted by atomic mass is 10.0. The highest BCUT2D eigenvalue weighted by molar-refractivity contribution is 5.71. The molecular formula is C50H86O6. The zero-order chi connectivity index (χ0) is 40.8. The number of rotatable bonds is 41. The van der Waals surface area contributed by atoms with Gasteiger partial charge in [-0.25, -0.2) is 0 Å². The fraction of sp³-hybridized carbons (Fsp3) is 0.740. The fourth-order valence-electron chi connectivity index (χ4n) is 6.30. The zero-order valence-corrected chi connectivity index (χ0v) is 36.6. The van der Waals surface area contributed by atoms with Crippen molar-refractivity contribution >= 4 is 17.9 Å². The lowest BCUT2D eigenvalue weighted by Gasteiger charge is -2.18. The van der Waals surface area contributed by atoms with E-state index in [2.05, 4.69) is 81.5 Å². The highest BCUT2D eigenvalue weighted by Gasteiger charge is 2.19. The summed E-state index contributed by atoms with van der Waals surface area (Å²) in [6.07, 6.45) is 53.5. The van der Waals surface area contributed by atoms with Crippen molar-refractivity contribution in [1.82, 2.24) is 0 Å².